The number of nitriles is 1. The highest BCUT2D eigenvalue weighted by Gasteiger charge is 2.45. The van der Waals surface area contributed by atoms with Gasteiger partial charge in [-0.15, -0.1) is 0 Å². The molecular weight excluding hydrogens is 352 g/mol. The minimum atomic E-state index is -0.520. The Hall–Kier alpha value is -3.66. The second-order valence-corrected chi connectivity index (χ2v) is 7.03. The van der Waals surface area contributed by atoms with Crippen LogP contribution < -0.4 is 16.4 Å². The lowest BCUT2D eigenvalue weighted by atomic mass is 9.63. The molecule has 1 fully saturated rings. The molecule has 0 atom stereocenters. The van der Waals surface area contributed by atoms with E-state index in [4.69, 9.17) is 11.0 Å². The number of guanidine groups is 1. The normalized spacial score (nSPS) is 17.2. The second-order valence-electron chi connectivity index (χ2n) is 7.03. The third-order valence-corrected chi connectivity index (χ3v) is 5.41. The predicted octanol–water partition coefficient (Wildman–Crippen LogP) is 2.27. The molecule has 0 spiro atoms. The van der Waals surface area contributed by atoms with Crippen LogP contribution in [-0.4, -0.2) is 23.4 Å². The highest BCUT2D eigenvalue weighted by atomic mass is 16.2. The van der Waals surface area contributed by atoms with E-state index in [1.54, 1.807) is 18.3 Å². The minimum absolute atomic E-state index is 0.0334. The summed E-state index contributed by atoms with van der Waals surface area (Å²) in [5, 5.41) is 14.8. The maximum atomic E-state index is 13.0. The summed E-state index contributed by atoms with van der Waals surface area (Å²) in [5.41, 5.74) is 9.14. The molecule has 0 saturated heterocycles. The molecule has 1 saturated carbocycles. The summed E-state index contributed by atoms with van der Waals surface area (Å²) in [7, 11) is 0. The van der Waals surface area contributed by atoms with Crippen LogP contribution >= 0.6 is 0 Å². The van der Waals surface area contributed by atoms with E-state index >= 15 is 0 Å². The van der Waals surface area contributed by atoms with Crippen LogP contribution in [0.5, 0.6) is 0 Å². The van der Waals surface area contributed by atoms with E-state index in [0.29, 0.717) is 23.9 Å². The lowest BCUT2D eigenvalue weighted by Gasteiger charge is -2.40. The van der Waals surface area contributed by atoms with E-state index in [1.165, 1.54) is 6.20 Å². The highest BCUT2D eigenvalue weighted by Crippen LogP contribution is 2.44. The number of benzene rings is 1. The molecule has 7 nitrogen and oxygen atoms in total. The van der Waals surface area contributed by atoms with Gasteiger partial charge >= 0.3 is 0 Å². The number of anilines is 1. The van der Waals surface area contributed by atoms with Crippen molar-refractivity contribution in [3.8, 4) is 6.07 Å². The summed E-state index contributed by atoms with van der Waals surface area (Å²) in [6, 6.07) is 13.4. The molecule has 1 amide bonds. The molecule has 4 rings (SSSR count). The molecule has 1 aliphatic heterocycles. The quantitative estimate of drug-likeness (QED) is 0.761. The van der Waals surface area contributed by atoms with Crippen molar-refractivity contribution in [1.82, 2.24) is 10.3 Å². The number of nitrogens with zero attached hydrogens (tertiary/aromatic N) is 3. The lowest BCUT2D eigenvalue weighted by Crippen LogP contribution is -2.46. The van der Waals surface area contributed by atoms with Gasteiger partial charge in [-0.05, 0) is 41.7 Å². The van der Waals surface area contributed by atoms with E-state index in [-0.39, 0.29) is 5.91 Å². The Bertz CT molecular complexity index is 995. The van der Waals surface area contributed by atoms with E-state index in [1.807, 2.05) is 30.3 Å². The fourth-order valence-electron chi connectivity index (χ4n) is 3.57. The van der Waals surface area contributed by atoms with Crippen molar-refractivity contribution in [2.75, 3.05) is 11.9 Å². The summed E-state index contributed by atoms with van der Waals surface area (Å²) in [5.74, 6) is 0.386. The molecule has 1 aliphatic carbocycles. The van der Waals surface area contributed by atoms with Gasteiger partial charge in [-0.25, -0.2) is 9.98 Å². The monoisotopic (exact) mass is 372 g/mol. The van der Waals surface area contributed by atoms with Crippen molar-refractivity contribution < 1.29 is 4.79 Å². The summed E-state index contributed by atoms with van der Waals surface area (Å²) < 4.78 is 0. The molecule has 140 valence electrons. The minimum Gasteiger partial charge on any atom is -0.370 e. The van der Waals surface area contributed by atoms with Gasteiger partial charge in [0.25, 0.3) is 0 Å². The van der Waals surface area contributed by atoms with Gasteiger partial charge in [-0.2, -0.15) is 5.26 Å². The molecule has 7 heteroatoms. The van der Waals surface area contributed by atoms with Crippen LogP contribution in [0.25, 0.3) is 5.57 Å². The smallest absolute Gasteiger partial charge is 0.235 e. The van der Waals surface area contributed by atoms with Crippen LogP contribution in [-0.2, 0) is 10.2 Å². The first-order chi connectivity index (χ1) is 13.6. The molecule has 0 unspecified atom stereocenters. The summed E-state index contributed by atoms with van der Waals surface area (Å²) >= 11 is 0. The third-order valence-electron chi connectivity index (χ3n) is 5.41. The van der Waals surface area contributed by atoms with Gasteiger partial charge in [-0.1, -0.05) is 30.7 Å². The standard InChI is InChI=1S/C21H20N6O/c22-10-17-6-7-18(13-24-17)27-19(28)21(8-1-9-21)16-4-2-14(3-5-16)15-11-25-20(23)26-12-15/h2-7,11,13H,1,8-9,12H2,(H,27,28)(H3,23,25,26). The fraction of sp³-hybridized carbons (Fsp3) is 0.238. The summed E-state index contributed by atoms with van der Waals surface area (Å²) in [6.45, 7) is 0.631. The topological polar surface area (TPSA) is 116 Å². The van der Waals surface area contributed by atoms with E-state index < -0.39 is 5.41 Å². The zero-order valence-electron chi connectivity index (χ0n) is 15.3. The number of hydrogen-bond donors (Lipinski definition) is 3. The third kappa shape index (κ3) is 3.21. The average molecular weight is 372 g/mol. The Labute approximate surface area is 163 Å². The van der Waals surface area contributed by atoms with Gasteiger partial charge in [0.2, 0.25) is 5.91 Å². The largest absolute Gasteiger partial charge is 0.370 e. The first-order valence-electron chi connectivity index (χ1n) is 9.15. The van der Waals surface area contributed by atoms with Crippen molar-refractivity contribution >= 4 is 23.1 Å². The maximum Gasteiger partial charge on any atom is 0.235 e. The molecular formula is C21H20N6O. The van der Waals surface area contributed by atoms with Gasteiger partial charge in [0.1, 0.15) is 11.8 Å². The molecule has 28 heavy (non-hydrogen) atoms. The number of aromatic nitrogens is 1. The first-order valence-corrected chi connectivity index (χ1v) is 9.15. The molecule has 2 aromatic rings. The van der Waals surface area contributed by atoms with Crippen molar-refractivity contribution in [3.05, 3.63) is 65.6 Å². The zero-order chi connectivity index (χ0) is 19.6. The number of amides is 1. The van der Waals surface area contributed by atoms with Gasteiger partial charge in [0, 0.05) is 12.7 Å². The Morgan fingerprint density at radius 3 is 2.54 bits per heavy atom. The number of carbonyl (C=O) groups is 1. The average Bonchev–Trinajstić information content (AvgIpc) is 2.69. The molecule has 2 aliphatic rings. The SMILES string of the molecule is N#Cc1ccc(NC(=O)C2(c3ccc(C4=CN=C(N)NC4)cc3)CCC2)cn1. The van der Waals surface area contributed by atoms with Crippen LogP contribution in [0.15, 0.2) is 53.8 Å². The van der Waals surface area contributed by atoms with Gasteiger partial charge < -0.3 is 16.4 Å². The molecule has 1 aromatic carbocycles. The Balaban J connectivity index is 1.54. The maximum absolute atomic E-state index is 13.0. The molecule has 0 bridgehead atoms. The second kappa shape index (κ2) is 7.16. The van der Waals surface area contributed by atoms with E-state index in [0.717, 1.165) is 36.0 Å². The van der Waals surface area contributed by atoms with Crippen molar-refractivity contribution in [3.63, 3.8) is 0 Å². The number of rotatable bonds is 4. The molecule has 4 N–H and O–H groups in total. The fourth-order valence-corrected chi connectivity index (χ4v) is 3.57. The Morgan fingerprint density at radius 1 is 1.21 bits per heavy atom. The van der Waals surface area contributed by atoms with Gasteiger partial charge in [0.15, 0.2) is 5.96 Å². The summed E-state index contributed by atoms with van der Waals surface area (Å²) in [6.07, 6.45) is 5.93. The van der Waals surface area contributed by atoms with Crippen molar-refractivity contribution in [1.29, 1.82) is 5.26 Å². The van der Waals surface area contributed by atoms with Crippen LogP contribution in [0.1, 0.15) is 36.1 Å². The van der Waals surface area contributed by atoms with Gasteiger partial charge in [0.05, 0.1) is 17.3 Å². The van der Waals surface area contributed by atoms with Crippen LogP contribution in [0, 0.1) is 11.3 Å². The molecule has 2 heterocycles. The summed E-state index contributed by atoms with van der Waals surface area (Å²) in [4.78, 5) is 21.2. The van der Waals surface area contributed by atoms with Crippen LogP contribution in [0.4, 0.5) is 5.69 Å². The van der Waals surface area contributed by atoms with Crippen molar-refractivity contribution in [2.45, 2.75) is 24.7 Å². The number of nitrogens with one attached hydrogen (secondary N) is 2. The number of aliphatic imine (C=N–C) groups is 1. The first kappa shape index (κ1) is 17.7. The van der Waals surface area contributed by atoms with E-state index in [2.05, 4.69) is 20.6 Å². The van der Waals surface area contributed by atoms with E-state index in [9.17, 15) is 4.79 Å². The Kier molecular flexibility index (Phi) is 4.53. The van der Waals surface area contributed by atoms with Crippen molar-refractivity contribution in [2.24, 2.45) is 10.7 Å². The van der Waals surface area contributed by atoms with Gasteiger partial charge in [-0.3, -0.25) is 4.79 Å². The Morgan fingerprint density at radius 2 is 2.00 bits per heavy atom. The number of hydrogen-bond acceptors (Lipinski definition) is 6. The number of carbonyl (C=O) groups excluding carboxylic acids is 1. The predicted molar refractivity (Wildman–Crippen MR) is 107 cm³/mol. The lowest BCUT2D eigenvalue weighted by molar-refractivity contribution is -0.124. The number of pyridine rings is 1. The van der Waals surface area contributed by atoms with Crippen LogP contribution in [0.3, 0.4) is 0 Å². The molecule has 0 radical (unpaired) electrons. The molecule has 1 aromatic heterocycles. The zero-order valence-corrected chi connectivity index (χ0v) is 15.3. The van der Waals surface area contributed by atoms with Crippen LogP contribution in [0.2, 0.25) is 0 Å². The highest BCUT2D eigenvalue weighted by molar-refractivity contribution is 6.00. The number of nitrogens with two attached hydrogens (primary N) is 1.